The Morgan fingerprint density at radius 2 is 2.03 bits per heavy atom. The van der Waals surface area contributed by atoms with E-state index < -0.39 is 23.3 Å². The summed E-state index contributed by atoms with van der Waals surface area (Å²) < 4.78 is 39.0. The zero-order chi connectivity index (χ0) is 23.5. The summed E-state index contributed by atoms with van der Waals surface area (Å²) >= 11 is 0. The standard InChI is InChI=1S/C23H22F2N4O3/c1-13(2)9-23(3,32-22(27)30)12-31-21-14(10-26)6-15(11-29-21)17-4-5-28-19-8-16(24)7-18(25)20(17)19/h4-8,11,13H,9,12H2,1-3H3,(H2,27,30)/t23-/m0/s1. The van der Waals surface area contributed by atoms with E-state index in [1.54, 1.807) is 13.0 Å². The van der Waals surface area contributed by atoms with Gasteiger partial charge in [-0.2, -0.15) is 5.26 Å². The highest BCUT2D eigenvalue weighted by Gasteiger charge is 2.31. The first kappa shape index (κ1) is 22.9. The number of benzene rings is 1. The summed E-state index contributed by atoms with van der Waals surface area (Å²) in [5.74, 6) is -1.28. The number of amides is 1. The fourth-order valence-electron chi connectivity index (χ4n) is 3.70. The monoisotopic (exact) mass is 440 g/mol. The number of halogens is 2. The molecule has 3 rings (SSSR count). The van der Waals surface area contributed by atoms with Crippen molar-refractivity contribution in [2.75, 3.05) is 6.61 Å². The topological polar surface area (TPSA) is 111 Å². The molecule has 32 heavy (non-hydrogen) atoms. The normalized spacial score (nSPS) is 12.9. The van der Waals surface area contributed by atoms with Gasteiger partial charge in [0.2, 0.25) is 5.88 Å². The van der Waals surface area contributed by atoms with E-state index >= 15 is 0 Å². The molecule has 166 valence electrons. The van der Waals surface area contributed by atoms with Crippen molar-refractivity contribution in [3.63, 3.8) is 0 Å². The van der Waals surface area contributed by atoms with Gasteiger partial charge < -0.3 is 15.2 Å². The zero-order valence-electron chi connectivity index (χ0n) is 17.9. The SMILES string of the molecule is CC(C)C[C@@](C)(COc1ncc(-c2ccnc3cc(F)cc(F)c23)cc1C#N)OC(N)=O. The number of ether oxygens (including phenoxy) is 2. The van der Waals surface area contributed by atoms with Crippen molar-refractivity contribution in [3.8, 4) is 23.1 Å². The maximum Gasteiger partial charge on any atom is 0.405 e. The fraction of sp³-hybridized carbons (Fsp3) is 0.304. The molecular weight excluding hydrogens is 418 g/mol. The minimum Gasteiger partial charge on any atom is -0.472 e. The number of hydrogen-bond donors (Lipinski definition) is 1. The lowest BCUT2D eigenvalue weighted by atomic mass is 9.95. The molecule has 2 heterocycles. The lowest BCUT2D eigenvalue weighted by molar-refractivity contribution is -0.0197. The van der Waals surface area contributed by atoms with Gasteiger partial charge in [-0.25, -0.2) is 18.6 Å². The van der Waals surface area contributed by atoms with E-state index in [4.69, 9.17) is 15.2 Å². The van der Waals surface area contributed by atoms with Gasteiger partial charge in [0.05, 0.1) is 5.52 Å². The van der Waals surface area contributed by atoms with E-state index in [1.807, 2.05) is 19.9 Å². The molecule has 2 N–H and O–H groups in total. The van der Waals surface area contributed by atoms with Crippen LogP contribution in [0.2, 0.25) is 0 Å². The molecule has 3 aromatic rings. The van der Waals surface area contributed by atoms with Gasteiger partial charge in [-0.1, -0.05) is 13.8 Å². The molecular formula is C23H22F2N4O3. The van der Waals surface area contributed by atoms with Crippen LogP contribution in [0.1, 0.15) is 32.8 Å². The van der Waals surface area contributed by atoms with Gasteiger partial charge in [0.15, 0.2) is 0 Å². The molecule has 0 aliphatic carbocycles. The highest BCUT2D eigenvalue weighted by Crippen LogP contribution is 2.32. The molecule has 0 aliphatic heterocycles. The van der Waals surface area contributed by atoms with Crippen LogP contribution in [-0.2, 0) is 4.74 Å². The summed E-state index contributed by atoms with van der Waals surface area (Å²) in [5, 5.41) is 9.72. The van der Waals surface area contributed by atoms with E-state index in [9.17, 15) is 18.8 Å². The molecule has 1 aromatic carbocycles. The molecule has 0 radical (unpaired) electrons. The third kappa shape index (κ3) is 5.09. The first-order valence-electron chi connectivity index (χ1n) is 9.87. The quantitative estimate of drug-likeness (QED) is 0.569. The van der Waals surface area contributed by atoms with Crippen LogP contribution >= 0.6 is 0 Å². The molecule has 7 nitrogen and oxygen atoms in total. The van der Waals surface area contributed by atoms with E-state index in [-0.39, 0.29) is 34.9 Å². The number of pyridine rings is 2. The van der Waals surface area contributed by atoms with E-state index in [0.717, 1.165) is 12.1 Å². The number of nitrogens with two attached hydrogens (primary N) is 1. The van der Waals surface area contributed by atoms with Gasteiger partial charge in [-0.15, -0.1) is 0 Å². The minimum atomic E-state index is -1.01. The number of primary amides is 1. The van der Waals surface area contributed by atoms with Gasteiger partial charge in [-0.3, -0.25) is 4.98 Å². The second-order valence-electron chi connectivity index (χ2n) is 8.09. The van der Waals surface area contributed by atoms with Gasteiger partial charge in [-0.05, 0) is 37.0 Å². The summed E-state index contributed by atoms with van der Waals surface area (Å²) in [6.07, 6.45) is 2.39. The van der Waals surface area contributed by atoms with Crippen LogP contribution in [0.5, 0.6) is 5.88 Å². The number of nitrogens with zero attached hydrogens (tertiary/aromatic N) is 3. The van der Waals surface area contributed by atoms with Crippen molar-refractivity contribution in [3.05, 3.63) is 53.9 Å². The molecule has 0 fully saturated rings. The second-order valence-corrected chi connectivity index (χ2v) is 8.09. The van der Waals surface area contributed by atoms with Crippen LogP contribution in [0.25, 0.3) is 22.0 Å². The Balaban J connectivity index is 1.95. The molecule has 0 bridgehead atoms. The van der Waals surface area contributed by atoms with Crippen LogP contribution in [0.15, 0.2) is 36.7 Å². The highest BCUT2D eigenvalue weighted by atomic mass is 19.1. The minimum absolute atomic E-state index is 0.0316. The summed E-state index contributed by atoms with van der Waals surface area (Å²) in [6, 6.07) is 6.97. The van der Waals surface area contributed by atoms with Crippen molar-refractivity contribution in [1.29, 1.82) is 5.26 Å². The van der Waals surface area contributed by atoms with Crippen LogP contribution in [0, 0.1) is 28.9 Å². The van der Waals surface area contributed by atoms with Crippen molar-refractivity contribution in [1.82, 2.24) is 9.97 Å². The number of carbonyl (C=O) groups excluding carboxylic acids is 1. The van der Waals surface area contributed by atoms with Gasteiger partial charge in [0.25, 0.3) is 0 Å². The average molecular weight is 440 g/mol. The van der Waals surface area contributed by atoms with Crippen molar-refractivity contribution < 1.29 is 23.0 Å². The lowest BCUT2D eigenvalue weighted by Crippen LogP contribution is -2.41. The number of aromatic nitrogens is 2. The first-order valence-corrected chi connectivity index (χ1v) is 9.87. The molecule has 1 atom stereocenters. The van der Waals surface area contributed by atoms with E-state index in [2.05, 4.69) is 9.97 Å². The van der Waals surface area contributed by atoms with Gasteiger partial charge in [0.1, 0.15) is 35.5 Å². The lowest BCUT2D eigenvalue weighted by Gasteiger charge is -2.30. The fourth-order valence-corrected chi connectivity index (χ4v) is 3.70. The van der Waals surface area contributed by atoms with Gasteiger partial charge >= 0.3 is 6.09 Å². The number of fused-ring (bicyclic) bond motifs is 1. The van der Waals surface area contributed by atoms with Crippen LogP contribution in [-0.4, -0.2) is 28.3 Å². The number of nitriles is 1. The molecule has 0 saturated carbocycles. The van der Waals surface area contributed by atoms with E-state index in [0.29, 0.717) is 17.5 Å². The second kappa shape index (κ2) is 9.14. The largest absolute Gasteiger partial charge is 0.472 e. The smallest absolute Gasteiger partial charge is 0.405 e. The highest BCUT2D eigenvalue weighted by molar-refractivity contribution is 5.94. The molecule has 0 spiro atoms. The average Bonchev–Trinajstić information content (AvgIpc) is 2.70. The Morgan fingerprint density at radius 3 is 2.69 bits per heavy atom. The predicted molar refractivity (Wildman–Crippen MR) is 114 cm³/mol. The molecule has 0 saturated heterocycles. The Kier molecular flexibility index (Phi) is 6.53. The third-order valence-corrected chi connectivity index (χ3v) is 4.74. The Bertz CT molecular complexity index is 1210. The van der Waals surface area contributed by atoms with Crippen LogP contribution in [0.4, 0.5) is 13.6 Å². The van der Waals surface area contributed by atoms with Crippen LogP contribution < -0.4 is 10.5 Å². The maximum atomic E-state index is 14.5. The Hall–Kier alpha value is -3.80. The van der Waals surface area contributed by atoms with Crippen LogP contribution in [0.3, 0.4) is 0 Å². The Labute approximate surface area is 183 Å². The third-order valence-electron chi connectivity index (χ3n) is 4.74. The summed E-state index contributed by atoms with van der Waals surface area (Å²) in [5.41, 5.74) is 5.26. The predicted octanol–water partition coefficient (Wildman–Crippen LogP) is 4.73. The maximum absolute atomic E-state index is 14.5. The van der Waals surface area contributed by atoms with Crippen molar-refractivity contribution in [2.45, 2.75) is 32.8 Å². The van der Waals surface area contributed by atoms with E-state index in [1.165, 1.54) is 18.5 Å². The zero-order valence-corrected chi connectivity index (χ0v) is 17.9. The number of hydrogen-bond acceptors (Lipinski definition) is 6. The molecule has 9 heteroatoms. The van der Waals surface area contributed by atoms with Crippen molar-refractivity contribution in [2.24, 2.45) is 11.7 Å². The summed E-state index contributed by atoms with van der Waals surface area (Å²) in [6.45, 7) is 5.53. The first-order chi connectivity index (χ1) is 15.1. The summed E-state index contributed by atoms with van der Waals surface area (Å²) in [4.78, 5) is 19.5. The molecule has 0 unspecified atom stereocenters. The van der Waals surface area contributed by atoms with Crippen molar-refractivity contribution >= 4 is 17.0 Å². The molecule has 2 aromatic heterocycles. The Morgan fingerprint density at radius 1 is 1.28 bits per heavy atom. The molecule has 1 amide bonds. The number of rotatable bonds is 7. The number of carbonyl (C=O) groups is 1. The molecule has 0 aliphatic rings. The van der Waals surface area contributed by atoms with Gasteiger partial charge in [0, 0.05) is 35.5 Å². The summed E-state index contributed by atoms with van der Waals surface area (Å²) in [7, 11) is 0.